The number of hydrogen-bond acceptors (Lipinski definition) is 5. The second-order valence-corrected chi connectivity index (χ2v) is 3.96. The fourth-order valence-corrected chi connectivity index (χ4v) is 2.05. The minimum absolute atomic E-state index is 0.185. The van der Waals surface area contributed by atoms with Crippen LogP contribution in [0.25, 0.3) is 11.0 Å². The van der Waals surface area contributed by atoms with Gasteiger partial charge in [-0.15, -0.1) is 0 Å². The Kier molecular flexibility index (Phi) is 2.76. The van der Waals surface area contributed by atoms with Crippen LogP contribution in [0.2, 0.25) is 0 Å². The molecular formula is C13H12N4O. The molecule has 0 saturated heterocycles. The van der Waals surface area contributed by atoms with E-state index in [9.17, 15) is 0 Å². The molecular weight excluding hydrogens is 228 g/mol. The largest absolute Gasteiger partial charge is 0.464 e. The number of nitrogens with one attached hydrogen (secondary N) is 1. The predicted molar refractivity (Wildman–Crippen MR) is 67.4 cm³/mol. The van der Waals surface area contributed by atoms with E-state index in [1.54, 1.807) is 18.7 Å². The molecule has 3 N–H and O–H groups in total. The molecule has 2 aromatic heterocycles. The molecule has 18 heavy (non-hydrogen) atoms. The monoisotopic (exact) mass is 240 g/mol. The van der Waals surface area contributed by atoms with Crippen LogP contribution in [-0.4, -0.2) is 9.97 Å². The molecule has 0 aliphatic rings. The average molecular weight is 240 g/mol. The lowest BCUT2D eigenvalue weighted by atomic mass is 10.0. The van der Waals surface area contributed by atoms with E-state index in [1.807, 2.05) is 24.3 Å². The number of furan rings is 1. The molecule has 1 atom stereocenters. The Bertz CT molecular complexity index is 650. The molecule has 0 bridgehead atoms. The second-order valence-electron chi connectivity index (χ2n) is 3.96. The van der Waals surface area contributed by atoms with Gasteiger partial charge in [0, 0.05) is 28.9 Å². The van der Waals surface area contributed by atoms with Crippen LogP contribution in [-0.2, 0) is 0 Å². The molecule has 0 spiro atoms. The van der Waals surface area contributed by atoms with Crippen molar-refractivity contribution >= 4 is 11.0 Å². The number of fused-ring (bicyclic) bond motifs is 1. The summed E-state index contributed by atoms with van der Waals surface area (Å²) >= 11 is 0. The summed E-state index contributed by atoms with van der Waals surface area (Å²) in [5.74, 6) is 5.64. The standard InChI is InChI=1S/C13H12N4O/c14-17-13(9-5-15-8-16-6-9)11-7-18-12-4-2-1-3-10(11)12/h1-8,13,17H,14H2. The summed E-state index contributed by atoms with van der Waals surface area (Å²) in [5, 5.41) is 1.03. The molecule has 2 heterocycles. The van der Waals surface area contributed by atoms with Crippen LogP contribution in [0.4, 0.5) is 0 Å². The molecule has 90 valence electrons. The van der Waals surface area contributed by atoms with E-state index < -0.39 is 0 Å². The Balaban J connectivity index is 2.12. The van der Waals surface area contributed by atoms with E-state index in [4.69, 9.17) is 10.3 Å². The van der Waals surface area contributed by atoms with Crippen molar-refractivity contribution in [3.63, 3.8) is 0 Å². The Morgan fingerprint density at radius 2 is 1.94 bits per heavy atom. The van der Waals surface area contributed by atoms with Crippen LogP contribution in [0.15, 0.2) is 53.7 Å². The molecule has 0 amide bonds. The van der Waals surface area contributed by atoms with E-state index in [0.29, 0.717) is 0 Å². The van der Waals surface area contributed by atoms with Gasteiger partial charge in [-0.05, 0) is 6.07 Å². The van der Waals surface area contributed by atoms with Gasteiger partial charge in [-0.1, -0.05) is 18.2 Å². The minimum Gasteiger partial charge on any atom is -0.464 e. The maximum Gasteiger partial charge on any atom is 0.134 e. The molecule has 0 aliphatic heterocycles. The van der Waals surface area contributed by atoms with Gasteiger partial charge < -0.3 is 4.42 Å². The average Bonchev–Trinajstić information content (AvgIpc) is 2.85. The molecule has 1 aromatic carbocycles. The van der Waals surface area contributed by atoms with Gasteiger partial charge >= 0.3 is 0 Å². The molecule has 5 heteroatoms. The van der Waals surface area contributed by atoms with Crippen molar-refractivity contribution in [1.29, 1.82) is 0 Å². The van der Waals surface area contributed by atoms with Crippen LogP contribution in [0, 0.1) is 0 Å². The van der Waals surface area contributed by atoms with E-state index in [0.717, 1.165) is 22.1 Å². The number of nitrogens with two attached hydrogens (primary N) is 1. The molecule has 0 radical (unpaired) electrons. The van der Waals surface area contributed by atoms with Crippen molar-refractivity contribution in [2.45, 2.75) is 6.04 Å². The molecule has 0 aliphatic carbocycles. The van der Waals surface area contributed by atoms with E-state index in [2.05, 4.69) is 15.4 Å². The van der Waals surface area contributed by atoms with Crippen LogP contribution in [0.5, 0.6) is 0 Å². The summed E-state index contributed by atoms with van der Waals surface area (Å²) in [6.07, 6.45) is 6.67. The minimum atomic E-state index is -0.185. The Labute approximate surface area is 104 Å². The normalized spacial score (nSPS) is 12.7. The molecule has 3 rings (SSSR count). The predicted octanol–water partition coefficient (Wildman–Crippen LogP) is 1.78. The molecule has 1 unspecified atom stereocenters. The molecule has 0 fully saturated rings. The number of para-hydroxylation sites is 1. The fraction of sp³-hybridized carbons (Fsp3) is 0.0769. The van der Waals surface area contributed by atoms with E-state index >= 15 is 0 Å². The fourth-order valence-electron chi connectivity index (χ4n) is 2.05. The lowest BCUT2D eigenvalue weighted by Crippen LogP contribution is -2.28. The quantitative estimate of drug-likeness (QED) is 0.539. The molecule has 3 aromatic rings. The van der Waals surface area contributed by atoms with Crippen molar-refractivity contribution in [1.82, 2.24) is 15.4 Å². The van der Waals surface area contributed by atoms with Gasteiger partial charge in [0.05, 0.1) is 12.3 Å². The Morgan fingerprint density at radius 1 is 1.17 bits per heavy atom. The third kappa shape index (κ3) is 1.75. The highest BCUT2D eigenvalue weighted by Crippen LogP contribution is 2.29. The first-order valence-corrected chi connectivity index (χ1v) is 5.57. The van der Waals surface area contributed by atoms with Crippen LogP contribution >= 0.6 is 0 Å². The summed E-state index contributed by atoms with van der Waals surface area (Å²) in [5.41, 5.74) is 5.48. The highest BCUT2D eigenvalue weighted by molar-refractivity contribution is 5.81. The van der Waals surface area contributed by atoms with Crippen molar-refractivity contribution in [3.05, 3.63) is 60.4 Å². The van der Waals surface area contributed by atoms with Gasteiger partial charge in [0.25, 0.3) is 0 Å². The summed E-state index contributed by atoms with van der Waals surface area (Å²) in [7, 11) is 0. The zero-order valence-electron chi connectivity index (χ0n) is 9.58. The highest BCUT2D eigenvalue weighted by atomic mass is 16.3. The van der Waals surface area contributed by atoms with Crippen molar-refractivity contribution in [3.8, 4) is 0 Å². The number of rotatable bonds is 3. The first-order valence-electron chi connectivity index (χ1n) is 5.57. The van der Waals surface area contributed by atoms with Crippen LogP contribution < -0.4 is 11.3 Å². The summed E-state index contributed by atoms with van der Waals surface area (Å²) < 4.78 is 5.52. The zero-order valence-corrected chi connectivity index (χ0v) is 9.58. The Hall–Kier alpha value is -2.24. The maximum absolute atomic E-state index is 5.64. The van der Waals surface area contributed by atoms with Gasteiger partial charge in [0.1, 0.15) is 11.9 Å². The highest BCUT2D eigenvalue weighted by Gasteiger charge is 2.17. The molecule has 0 saturated carbocycles. The van der Waals surface area contributed by atoms with Crippen LogP contribution in [0.1, 0.15) is 17.2 Å². The number of hydrazine groups is 1. The SMILES string of the molecule is NNC(c1cncnc1)c1coc2ccccc12. The van der Waals surface area contributed by atoms with Crippen molar-refractivity contribution < 1.29 is 4.42 Å². The van der Waals surface area contributed by atoms with Crippen molar-refractivity contribution in [2.24, 2.45) is 5.84 Å². The van der Waals surface area contributed by atoms with Crippen molar-refractivity contribution in [2.75, 3.05) is 0 Å². The number of benzene rings is 1. The topological polar surface area (TPSA) is 77.0 Å². The number of aromatic nitrogens is 2. The zero-order chi connectivity index (χ0) is 12.4. The number of nitrogens with zero attached hydrogens (tertiary/aromatic N) is 2. The first kappa shape index (κ1) is 10.9. The summed E-state index contributed by atoms with van der Waals surface area (Å²) in [4.78, 5) is 8.01. The van der Waals surface area contributed by atoms with Gasteiger partial charge in [0.2, 0.25) is 0 Å². The first-order chi connectivity index (χ1) is 8.90. The Morgan fingerprint density at radius 3 is 2.72 bits per heavy atom. The van der Waals surface area contributed by atoms with Gasteiger partial charge in [-0.25, -0.2) is 15.4 Å². The van der Waals surface area contributed by atoms with Gasteiger partial charge in [-0.2, -0.15) is 0 Å². The lowest BCUT2D eigenvalue weighted by Gasteiger charge is -2.13. The van der Waals surface area contributed by atoms with E-state index in [1.165, 1.54) is 6.33 Å². The van der Waals surface area contributed by atoms with Gasteiger partial charge in [0.15, 0.2) is 0 Å². The lowest BCUT2D eigenvalue weighted by molar-refractivity contribution is 0.584. The smallest absolute Gasteiger partial charge is 0.134 e. The summed E-state index contributed by atoms with van der Waals surface area (Å²) in [6, 6.07) is 7.65. The third-order valence-corrected chi connectivity index (χ3v) is 2.90. The third-order valence-electron chi connectivity index (χ3n) is 2.90. The molecule has 5 nitrogen and oxygen atoms in total. The number of hydrogen-bond donors (Lipinski definition) is 2. The maximum atomic E-state index is 5.64. The van der Waals surface area contributed by atoms with Crippen LogP contribution in [0.3, 0.4) is 0 Å². The van der Waals surface area contributed by atoms with Gasteiger partial charge in [-0.3, -0.25) is 5.84 Å². The summed E-state index contributed by atoms with van der Waals surface area (Å²) in [6.45, 7) is 0. The second kappa shape index (κ2) is 4.56. The van der Waals surface area contributed by atoms with E-state index in [-0.39, 0.29) is 6.04 Å².